The molecule has 0 atom stereocenters. The van der Waals surface area contributed by atoms with Crippen molar-refractivity contribution in [2.45, 2.75) is 43.1 Å². The standard InChI is InChI=1S/C18H19FN4O2/c19-13-4-2-1-3-12(13)18(5-6-18)16(25)21-11-7-10(8-11)14-9-15(24)23-17(20)22-14/h1-4,9-11H,5-8H2,(H,21,25)(H3,20,22,23,24). The van der Waals surface area contributed by atoms with Crippen LogP contribution in [0.5, 0.6) is 0 Å². The molecule has 1 aromatic heterocycles. The summed E-state index contributed by atoms with van der Waals surface area (Å²) in [6, 6.07) is 7.93. The van der Waals surface area contributed by atoms with E-state index in [0.29, 0.717) is 36.9 Å². The predicted molar refractivity (Wildman–Crippen MR) is 90.5 cm³/mol. The summed E-state index contributed by atoms with van der Waals surface area (Å²) in [6.45, 7) is 0. The van der Waals surface area contributed by atoms with Crippen molar-refractivity contribution < 1.29 is 9.18 Å². The van der Waals surface area contributed by atoms with Crippen LogP contribution in [0.1, 0.15) is 42.9 Å². The number of nitrogen functional groups attached to an aromatic ring is 1. The summed E-state index contributed by atoms with van der Waals surface area (Å²) in [7, 11) is 0. The number of hydrogen-bond donors (Lipinski definition) is 3. The normalized spacial score (nSPS) is 23.6. The van der Waals surface area contributed by atoms with E-state index in [1.807, 2.05) is 0 Å². The number of carbonyl (C=O) groups excluding carboxylic acids is 1. The first kappa shape index (κ1) is 15.8. The fraction of sp³-hybridized carbons (Fsp3) is 0.389. The van der Waals surface area contributed by atoms with Crippen molar-refractivity contribution in [2.24, 2.45) is 0 Å². The number of aromatic nitrogens is 2. The van der Waals surface area contributed by atoms with Gasteiger partial charge in [-0.1, -0.05) is 18.2 Å². The van der Waals surface area contributed by atoms with Gasteiger partial charge in [0.05, 0.1) is 11.1 Å². The number of aromatic amines is 1. The Hall–Kier alpha value is -2.70. The van der Waals surface area contributed by atoms with Crippen LogP contribution in [0, 0.1) is 5.82 Å². The van der Waals surface area contributed by atoms with E-state index in [4.69, 9.17) is 5.73 Å². The number of anilines is 1. The van der Waals surface area contributed by atoms with Crippen LogP contribution in [0.3, 0.4) is 0 Å². The van der Waals surface area contributed by atoms with Gasteiger partial charge in [0.2, 0.25) is 11.9 Å². The molecule has 0 radical (unpaired) electrons. The molecule has 2 aromatic rings. The molecule has 2 aliphatic rings. The molecule has 1 heterocycles. The van der Waals surface area contributed by atoms with Crippen molar-refractivity contribution in [3.05, 3.63) is 57.8 Å². The smallest absolute Gasteiger partial charge is 0.252 e. The number of carbonyl (C=O) groups is 1. The SMILES string of the molecule is Nc1nc(C2CC(NC(=O)C3(c4ccccc4F)CC3)C2)cc(=O)[nH]1. The Kier molecular flexibility index (Phi) is 3.59. The highest BCUT2D eigenvalue weighted by Crippen LogP contribution is 2.50. The van der Waals surface area contributed by atoms with Gasteiger partial charge in [-0.25, -0.2) is 9.37 Å². The fourth-order valence-electron chi connectivity index (χ4n) is 3.60. The molecule has 7 heteroatoms. The van der Waals surface area contributed by atoms with Gasteiger partial charge in [0.1, 0.15) is 5.82 Å². The molecule has 2 aliphatic carbocycles. The van der Waals surface area contributed by atoms with E-state index in [9.17, 15) is 14.0 Å². The average molecular weight is 342 g/mol. The summed E-state index contributed by atoms with van der Waals surface area (Å²) in [5, 5.41) is 3.02. The molecule has 0 aliphatic heterocycles. The van der Waals surface area contributed by atoms with Gasteiger partial charge in [-0.2, -0.15) is 0 Å². The van der Waals surface area contributed by atoms with Crippen molar-refractivity contribution in [1.29, 1.82) is 0 Å². The molecule has 2 saturated carbocycles. The third kappa shape index (κ3) is 2.79. The Morgan fingerprint density at radius 3 is 2.68 bits per heavy atom. The van der Waals surface area contributed by atoms with E-state index in [-0.39, 0.29) is 35.2 Å². The zero-order valence-electron chi connectivity index (χ0n) is 13.6. The number of H-pyrrole nitrogens is 1. The summed E-state index contributed by atoms with van der Waals surface area (Å²) >= 11 is 0. The number of rotatable bonds is 4. The second-order valence-corrected chi connectivity index (χ2v) is 6.96. The second-order valence-electron chi connectivity index (χ2n) is 6.96. The Bertz CT molecular complexity index is 885. The summed E-state index contributed by atoms with van der Waals surface area (Å²) in [5.41, 5.74) is 5.71. The van der Waals surface area contributed by atoms with E-state index in [1.54, 1.807) is 18.2 Å². The molecule has 0 saturated heterocycles. The number of halogens is 1. The molecular formula is C18H19FN4O2. The number of nitrogens with zero attached hydrogens (tertiary/aromatic N) is 1. The number of amides is 1. The molecule has 6 nitrogen and oxygen atoms in total. The minimum absolute atomic E-state index is 0.0176. The first-order chi connectivity index (χ1) is 12.0. The Balaban J connectivity index is 1.41. The van der Waals surface area contributed by atoms with Gasteiger partial charge in [0.15, 0.2) is 0 Å². The van der Waals surface area contributed by atoms with Crippen LogP contribution in [0.2, 0.25) is 0 Å². The molecule has 4 rings (SSSR count). The Labute approximate surface area is 143 Å². The minimum atomic E-state index is -0.719. The zero-order valence-corrected chi connectivity index (χ0v) is 13.6. The molecule has 2 fully saturated rings. The third-order valence-electron chi connectivity index (χ3n) is 5.25. The van der Waals surface area contributed by atoms with Gasteiger partial charge in [0.25, 0.3) is 5.56 Å². The minimum Gasteiger partial charge on any atom is -0.369 e. The van der Waals surface area contributed by atoms with Crippen molar-refractivity contribution in [2.75, 3.05) is 5.73 Å². The number of hydrogen-bond acceptors (Lipinski definition) is 4. The lowest BCUT2D eigenvalue weighted by Gasteiger charge is -2.36. The maximum absolute atomic E-state index is 14.0. The lowest BCUT2D eigenvalue weighted by Crippen LogP contribution is -2.47. The van der Waals surface area contributed by atoms with Gasteiger partial charge in [0, 0.05) is 23.6 Å². The lowest BCUT2D eigenvalue weighted by atomic mass is 9.77. The molecule has 4 N–H and O–H groups in total. The average Bonchev–Trinajstić information content (AvgIpc) is 3.31. The summed E-state index contributed by atoms with van der Waals surface area (Å²) in [6.07, 6.45) is 2.74. The molecule has 0 bridgehead atoms. The number of benzene rings is 1. The lowest BCUT2D eigenvalue weighted by molar-refractivity contribution is -0.125. The van der Waals surface area contributed by atoms with E-state index in [0.717, 1.165) is 0 Å². The zero-order chi connectivity index (χ0) is 17.6. The van der Waals surface area contributed by atoms with Crippen LogP contribution in [0.25, 0.3) is 0 Å². The molecule has 0 unspecified atom stereocenters. The molecule has 1 amide bonds. The summed E-state index contributed by atoms with van der Waals surface area (Å²) in [4.78, 5) is 30.7. The Morgan fingerprint density at radius 2 is 2.04 bits per heavy atom. The van der Waals surface area contributed by atoms with Gasteiger partial charge in [-0.3, -0.25) is 14.6 Å². The highest BCUT2D eigenvalue weighted by atomic mass is 19.1. The van der Waals surface area contributed by atoms with Crippen LogP contribution in [0.15, 0.2) is 35.1 Å². The molecular weight excluding hydrogens is 323 g/mol. The van der Waals surface area contributed by atoms with Crippen LogP contribution >= 0.6 is 0 Å². The molecule has 0 spiro atoms. The quantitative estimate of drug-likeness (QED) is 0.785. The monoisotopic (exact) mass is 342 g/mol. The highest BCUT2D eigenvalue weighted by Gasteiger charge is 2.53. The van der Waals surface area contributed by atoms with Crippen LogP contribution in [-0.2, 0) is 10.2 Å². The predicted octanol–water partition coefficient (Wildman–Crippen LogP) is 1.59. The third-order valence-corrected chi connectivity index (χ3v) is 5.25. The molecule has 1 aromatic carbocycles. The van der Waals surface area contributed by atoms with Crippen molar-refractivity contribution in [3.8, 4) is 0 Å². The van der Waals surface area contributed by atoms with Crippen LogP contribution < -0.4 is 16.6 Å². The van der Waals surface area contributed by atoms with Crippen molar-refractivity contribution >= 4 is 11.9 Å². The van der Waals surface area contributed by atoms with E-state index >= 15 is 0 Å². The summed E-state index contributed by atoms with van der Waals surface area (Å²) < 4.78 is 14.0. The van der Waals surface area contributed by atoms with E-state index in [1.165, 1.54) is 12.1 Å². The van der Waals surface area contributed by atoms with Gasteiger partial charge in [-0.15, -0.1) is 0 Å². The largest absolute Gasteiger partial charge is 0.369 e. The van der Waals surface area contributed by atoms with Crippen LogP contribution in [-0.4, -0.2) is 21.9 Å². The molecule has 25 heavy (non-hydrogen) atoms. The molecule has 130 valence electrons. The van der Waals surface area contributed by atoms with Crippen molar-refractivity contribution in [3.63, 3.8) is 0 Å². The maximum atomic E-state index is 14.0. The first-order valence-electron chi connectivity index (χ1n) is 8.41. The van der Waals surface area contributed by atoms with Gasteiger partial charge in [-0.05, 0) is 31.7 Å². The van der Waals surface area contributed by atoms with Crippen molar-refractivity contribution in [1.82, 2.24) is 15.3 Å². The van der Waals surface area contributed by atoms with Gasteiger partial charge >= 0.3 is 0 Å². The fourth-order valence-corrected chi connectivity index (χ4v) is 3.60. The van der Waals surface area contributed by atoms with E-state index < -0.39 is 5.41 Å². The van der Waals surface area contributed by atoms with Gasteiger partial charge < -0.3 is 11.1 Å². The summed E-state index contributed by atoms with van der Waals surface area (Å²) in [5.74, 6) is -0.228. The maximum Gasteiger partial charge on any atom is 0.252 e. The Morgan fingerprint density at radius 1 is 1.32 bits per heavy atom. The number of nitrogens with two attached hydrogens (primary N) is 1. The first-order valence-corrected chi connectivity index (χ1v) is 8.41. The number of nitrogens with one attached hydrogen (secondary N) is 2. The highest BCUT2D eigenvalue weighted by molar-refractivity contribution is 5.91. The van der Waals surface area contributed by atoms with Crippen LogP contribution in [0.4, 0.5) is 10.3 Å². The topological polar surface area (TPSA) is 101 Å². The second kappa shape index (κ2) is 5.68. The van der Waals surface area contributed by atoms with E-state index in [2.05, 4.69) is 15.3 Å².